The van der Waals surface area contributed by atoms with Gasteiger partial charge >= 0.3 is 0 Å². The monoisotopic (exact) mass is 334 g/mol. The van der Waals surface area contributed by atoms with Crippen LogP contribution in [0.3, 0.4) is 0 Å². The van der Waals surface area contributed by atoms with Gasteiger partial charge in [-0.1, -0.05) is 30.3 Å². The highest BCUT2D eigenvalue weighted by atomic mass is 16.1. The Hall–Kier alpha value is -2.82. The van der Waals surface area contributed by atoms with Crippen molar-refractivity contribution in [3.8, 4) is 11.3 Å². The van der Waals surface area contributed by atoms with E-state index in [0.717, 1.165) is 48.6 Å². The summed E-state index contributed by atoms with van der Waals surface area (Å²) in [5, 5.41) is 3.16. The molecule has 1 atom stereocenters. The summed E-state index contributed by atoms with van der Waals surface area (Å²) in [5.41, 5.74) is 3.35. The average Bonchev–Trinajstić information content (AvgIpc) is 3.30. The third kappa shape index (κ3) is 3.65. The quantitative estimate of drug-likeness (QED) is 0.753. The van der Waals surface area contributed by atoms with Crippen LogP contribution in [0.1, 0.15) is 24.4 Å². The first-order chi connectivity index (χ1) is 12.3. The van der Waals surface area contributed by atoms with Crippen LogP contribution in [-0.2, 0) is 24.2 Å². The van der Waals surface area contributed by atoms with Crippen molar-refractivity contribution in [1.82, 2.24) is 19.9 Å². The van der Waals surface area contributed by atoms with Gasteiger partial charge in [0.25, 0.3) is 0 Å². The van der Waals surface area contributed by atoms with Crippen LogP contribution in [0.4, 0.5) is 0 Å². The zero-order chi connectivity index (χ0) is 17.1. The molecular formula is C20H22N4O. The van der Waals surface area contributed by atoms with Crippen molar-refractivity contribution in [1.29, 1.82) is 0 Å². The molecule has 5 heteroatoms. The molecule has 0 bridgehead atoms. The lowest BCUT2D eigenvalue weighted by molar-refractivity contribution is -0.122. The number of hydrogen-bond donors (Lipinski definition) is 2. The van der Waals surface area contributed by atoms with Gasteiger partial charge in [0.05, 0.1) is 0 Å². The Kier molecular flexibility index (Phi) is 4.37. The average molecular weight is 334 g/mol. The molecular weight excluding hydrogens is 312 g/mol. The third-order valence-electron chi connectivity index (χ3n) is 4.75. The van der Waals surface area contributed by atoms with Crippen LogP contribution in [-0.4, -0.2) is 26.5 Å². The maximum atomic E-state index is 12.3. The molecule has 2 N–H and O–H groups in total. The molecule has 0 spiro atoms. The molecule has 0 saturated carbocycles. The van der Waals surface area contributed by atoms with Gasteiger partial charge in [-0.25, -0.2) is 4.98 Å². The number of amides is 1. The lowest BCUT2D eigenvalue weighted by Crippen LogP contribution is -2.40. The normalized spacial score (nSPS) is 16.4. The molecule has 0 aliphatic carbocycles. The summed E-state index contributed by atoms with van der Waals surface area (Å²) in [6.45, 7) is 0.821. The summed E-state index contributed by atoms with van der Waals surface area (Å²) < 4.78 is 2.13. The molecule has 0 unspecified atom stereocenters. The Labute approximate surface area is 147 Å². The van der Waals surface area contributed by atoms with E-state index in [1.165, 1.54) is 0 Å². The van der Waals surface area contributed by atoms with Crippen molar-refractivity contribution in [2.75, 3.05) is 0 Å². The Morgan fingerprint density at radius 3 is 3.00 bits per heavy atom. The second-order valence-electron chi connectivity index (χ2n) is 6.56. The zero-order valence-electron chi connectivity index (χ0n) is 14.1. The number of aromatic nitrogens is 3. The number of hydrogen-bond acceptors (Lipinski definition) is 2. The molecule has 128 valence electrons. The summed E-state index contributed by atoms with van der Waals surface area (Å²) in [5.74, 6) is 1.23. The summed E-state index contributed by atoms with van der Waals surface area (Å²) in [7, 11) is 0. The van der Waals surface area contributed by atoms with E-state index in [-0.39, 0.29) is 11.9 Å². The maximum absolute atomic E-state index is 12.3. The van der Waals surface area contributed by atoms with E-state index in [4.69, 9.17) is 0 Å². The standard InChI is InChI=1S/C20H22N4O/c25-20(23-17-7-10-19-21-12-13-24(19)14-17)11-8-16-6-9-18(22-16)15-4-2-1-3-5-15/h1-6,9,12-13,17,22H,7-8,10-11,14H2,(H,23,25)/t17-/m0/s1. The Morgan fingerprint density at radius 1 is 1.24 bits per heavy atom. The van der Waals surface area contributed by atoms with E-state index in [2.05, 4.69) is 44.1 Å². The SMILES string of the molecule is O=C(CCc1ccc(-c2ccccc2)[nH]1)N[C@H]1CCc2nccn2C1. The van der Waals surface area contributed by atoms with E-state index < -0.39 is 0 Å². The van der Waals surface area contributed by atoms with Gasteiger partial charge in [0.15, 0.2) is 0 Å². The van der Waals surface area contributed by atoms with Crippen molar-refractivity contribution in [3.05, 3.63) is 66.4 Å². The number of carbonyl (C=O) groups is 1. The van der Waals surface area contributed by atoms with Crippen LogP contribution >= 0.6 is 0 Å². The molecule has 3 aromatic rings. The molecule has 0 fully saturated rings. The number of nitrogens with one attached hydrogen (secondary N) is 2. The van der Waals surface area contributed by atoms with Crippen LogP contribution in [0, 0.1) is 0 Å². The van der Waals surface area contributed by atoms with Gasteiger partial charge in [-0.3, -0.25) is 4.79 Å². The van der Waals surface area contributed by atoms with E-state index in [1.807, 2.05) is 30.6 Å². The van der Waals surface area contributed by atoms with E-state index in [1.54, 1.807) is 0 Å². The van der Waals surface area contributed by atoms with Gasteiger partial charge in [0.1, 0.15) is 5.82 Å². The Balaban J connectivity index is 1.29. The molecule has 1 aliphatic heterocycles. The molecule has 0 radical (unpaired) electrons. The van der Waals surface area contributed by atoms with Gasteiger partial charge in [-0.05, 0) is 30.5 Å². The minimum Gasteiger partial charge on any atom is -0.358 e. The zero-order valence-corrected chi connectivity index (χ0v) is 14.1. The molecule has 5 nitrogen and oxygen atoms in total. The summed E-state index contributed by atoms with van der Waals surface area (Å²) in [6, 6.07) is 14.6. The van der Waals surface area contributed by atoms with Crippen LogP contribution in [0.5, 0.6) is 0 Å². The number of nitrogens with zero attached hydrogens (tertiary/aromatic N) is 2. The van der Waals surface area contributed by atoms with E-state index >= 15 is 0 Å². The molecule has 0 saturated heterocycles. The molecule has 1 aliphatic rings. The van der Waals surface area contributed by atoms with Crippen molar-refractivity contribution in [2.45, 2.75) is 38.3 Å². The fourth-order valence-electron chi connectivity index (χ4n) is 3.40. The lowest BCUT2D eigenvalue weighted by atomic mass is 10.1. The maximum Gasteiger partial charge on any atom is 0.220 e. The second-order valence-corrected chi connectivity index (χ2v) is 6.56. The van der Waals surface area contributed by atoms with Crippen LogP contribution in [0.15, 0.2) is 54.9 Å². The van der Waals surface area contributed by atoms with Gasteiger partial charge in [-0.15, -0.1) is 0 Å². The highest BCUT2D eigenvalue weighted by Crippen LogP contribution is 2.18. The minimum atomic E-state index is 0.115. The minimum absolute atomic E-state index is 0.115. The lowest BCUT2D eigenvalue weighted by Gasteiger charge is -2.24. The predicted octanol–water partition coefficient (Wildman–Crippen LogP) is 2.94. The van der Waals surface area contributed by atoms with Crippen molar-refractivity contribution >= 4 is 5.91 Å². The van der Waals surface area contributed by atoms with Gasteiger partial charge in [0.2, 0.25) is 5.91 Å². The van der Waals surface area contributed by atoms with Crippen LogP contribution in [0.25, 0.3) is 11.3 Å². The number of imidazole rings is 1. The van der Waals surface area contributed by atoms with Crippen molar-refractivity contribution in [2.24, 2.45) is 0 Å². The number of carbonyl (C=O) groups excluding carboxylic acids is 1. The number of benzene rings is 1. The second kappa shape index (κ2) is 6.97. The van der Waals surface area contributed by atoms with E-state index in [0.29, 0.717) is 6.42 Å². The van der Waals surface area contributed by atoms with Gasteiger partial charge < -0.3 is 14.9 Å². The molecule has 1 aromatic carbocycles. The first-order valence-corrected chi connectivity index (χ1v) is 8.80. The number of aromatic amines is 1. The summed E-state index contributed by atoms with van der Waals surface area (Å²) >= 11 is 0. The van der Waals surface area contributed by atoms with Crippen LogP contribution in [0.2, 0.25) is 0 Å². The molecule has 2 aromatic heterocycles. The highest BCUT2D eigenvalue weighted by Gasteiger charge is 2.20. The van der Waals surface area contributed by atoms with Crippen LogP contribution < -0.4 is 5.32 Å². The highest BCUT2D eigenvalue weighted by molar-refractivity contribution is 5.76. The predicted molar refractivity (Wildman–Crippen MR) is 97.0 cm³/mol. The third-order valence-corrected chi connectivity index (χ3v) is 4.75. The topological polar surface area (TPSA) is 62.7 Å². The van der Waals surface area contributed by atoms with E-state index in [9.17, 15) is 4.79 Å². The van der Waals surface area contributed by atoms with Crippen molar-refractivity contribution in [3.63, 3.8) is 0 Å². The first kappa shape index (κ1) is 15.7. The fraction of sp³-hybridized carbons (Fsp3) is 0.300. The Bertz CT molecular complexity index is 849. The fourth-order valence-corrected chi connectivity index (χ4v) is 3.40. The number of H-pyrrole nitrogens is 1. The Morgan fingerprint density at radius 2 is 2.12 bits per heavy atom. The largest absolute Gasteiger partial charge is 0.358 e. The number of aryl methyl sites for hydroxylation is 2. The smallest absolute Gasteiger partial charge is 0.220 e. The van der Waals surface area contributed by atoms with Gasteiger partial charge in [0, 0.05) is 49.2 Å². The van der Waals surface area contributed by atoms with Gasteiger partial charge in [-0.2, -0.15) is 0 Å². The first-order valence-electron chi connectivity index (χ1n) is 8.80. The van der Waals surface area contributed by atoms with Crippen molar-refractivity contribution < 1.29 is 4.79 Å². The summed E-state index contributed by atoms with van der Waals surface area (Å²) in [6.07, 6.45) is 6.93. The molecule has 3 heterocycles. The number of rotatable bonds is 5. The number of fused-ring (bicyclic) bond motifs is 1. The molecule has 25 heavy (non-hydrogen) atoms. The molecule has 1 amide bonds. The summed E-state index contributed by atoms with van der Waals surface area (Å²) in [4.78, 5) is 20.0. The molecule has 4 rings (SSSR count).